The number of hydrogen-bond donors (Lipinski definition) is 2. The van der Waals surface area contributed by atoms with Crippen LogP contribution in [0.1, 0.15) is 37.4 Å². The third-order valence-electron chi connectivity index (χ3n) is 2.46. The van der Waals surface area contributed by atoms with E-state index in [1.54, 1.807) is 0 Å². The maximum atomic E-state index is 11.4. The average Bonchev–Trinajstić information content (AvgIpc) is 2.27. The zero-order valence-corrected chi connectivity index (χ0v) is 10.2. The molecule has 0 spiro atoms. The number of amides is 2. The van der Waals surface area contributed by atoms with Gasteiger partial charge >= 0.3 is 6.03 Å². The lowest BCUT2D eigenvalue weighted by molar-refractivity contribution is 0.238. The SMILES string of the molecule is CCCNC(=O)N[C@@H](C)c1ccc(C)cc1. The van der Waals surface area contributed by atoms with Gasteiger partial charge in [0.25, 0.3) is 0 Å². The predicted octanol–water partition coefficient (Wildman–Crippen LogP) is 2.77. The number of nitrogens with one attached hydrogen (secondary N) is 2. The Morgan fingerprint density at radius 1 is 1.31 bits per heavy atom. The minimum atomic E-state index is -0.102. The highest BCUT2D eigenvalue weighted by Crippen LogP contribution is 2.12. The summed E-state index contributed by atoms with van der Waals surface area (Å²) in [5.41, 5.74) is 2.35. The molecule has 3 nitrogen and oxygen atoms in total. The first-order valence-corrected chi connectivity index (χ1v) is 5.74. The summed E-state index contributed by atoms with van der Waals surface area (Å²) >= 11 is 0. The van der Waals surface area contributed by atoms with E-state index < -0.39 is 0 Å². The molecule has 16 heavy (non-hydrogen) atoms. The molecule has 0 aliphatic heterocycles. The third kappa shape index (κ3) is 3.93. The highest BCUT2D eigenvalue weighted by molar-refractivity contribution is 5.74. The summed E-state index contributed by atoms with van der Waals surface area (Å²) in [6.07, 6.45) is 0.951. The van der Waals surface area contributed by atoms with Gasteiger partial charge in [-0.25, -0.2) is 4.79 Å². The smallest absolute Gasteiger partial charge is 0.315 e. The van der Waals surface area contributed by atoms with Crippen LogP contribution in [-0.4, -0.2) is 12.6 Å². The number of aryl methyl sites for hydroxylation is 1. The Morgan fingerprint density at radius 2 is 1.94 bits per heavy atom. The molecule has 0 aliphatic carbocycles. The Labute approximate surface area is 97.2 Å². The molecule has 0 aromatic heterocycles. The lowest BCUT2D eigenvalue weighted by Crippen LogP contribution is -2.37. The van der Waals surface area contributed by atoms with E-state index in [1.165, 1.54) is 5.56 Å². The van der Waals surface area contributed by atoms with E-state index >= 15 is 0 Å². The lowest BCUT2D eigenvalue weighted by atomic mass is 10.1. The van der Waals surface area contributed by atoms with Gasteiger partial charge in [0.2, 0.25) is 0 Å². The summed E-state index contributed by atoms with van der Waals surface area (Å²) in [7, 11) is 0. The molecule has 0 radical (unpaired) electrons. The van der Waals surface area contributed by atoms with Gasteiger partial charge in [-0.1, -0.05) is 36.8 Å². The van der Waals surface area contributed by atoms with Crippen molar-refractivity contribution in [1.29, 1.82) is 0 Å². The van der Waals surface area contributed by atoms with Crippen molar-refractivity contribution in [3.63, 3.8) is 0 Å². The molecule has 3 heteroatoms. The number of urea groups is 1. The Hall–Kier alpha value is -1.51. The van der Waals surface area contributed by atoms with Crippen LogP contribution in [0.2, 0.25) is 0 Å². The predicted molar refractivity (Wildman–Crippen MR) is 66.4 cm³/mol. The Balaban J connectivity index is 2.48. The summed E-state index contributed by atoms with van der Waals surface area (Å²) < 4.78 is 0. The molecule has 0 unspecified atom stereocenters. The fraction of sp³-hybridized carbons (Fsp3) is 0.462. The van der Waals surface area contributed by atoms with Gasteiger partial charge in [-0.15, -0.1) is 0 Å². The van der Waals surface area contributed by atoms with Crippen molar-refractivity contribution in [2.45, 2.75) is 33.2 Å². The minimum absolute atomic E-state index is 0.0393. The van der Waals surface area contributed by atoms with Gasteiger partial charge in [-0.3, -0.25) is 0 Å². The molecule has 1 atom stereocenters. The summed E-state index contributed by atoms with van der Waals surface area (Å²) in [4.78, 5) is 11.4. The second-order valence-corrected chi connectivity index (χ2v) is 4.03. The van der Waals surface area contributed by atoms with Gasteiger partial charge in [0.05, 0.1) is 6.04 Å². The van der Waals surface area contributed by atoms with Gasteiger partial charge in [0, 0.05) is 6.54 Å². The van der Waals surface area contributed by atoms with Crippen molar-refractivity contribution in [1.82, 2.24) is 10.6 Å². The van der Waals surface area contributed by atoms with E-state index in [0.717, 1.165) is 12.0 Å². The number of benzene rings is 1. The molecule has 1 rings (SSSR count). The molecule has 0 saturated carbocycles. The maximum absolute atomic E-state index is 11.4. The van der Waals surface area contributed by atoms with E-state index in [4.69, 9.17) is 0 Å². The molecule has 1 aromatic carbocycles. The van der Waals surface area contributed by atoms with Crippen LogP contribution in [0.15, 0.2) is 24.3 Å². The monoisotopic (exact) mass is 220 g/mol. The molecular weight excluding hydrogens is 200 g/mol. The highest BCUT2D eigenvalue weighted by Gasteiger charge is 2.07. The van der Waals surface area contributed by atoms with Gasteiger partial charge in [0.15, 0.2) is 0 Å². The molecular formula is C13H20N2O. The van der Waals surface area contributed by atoms with E-state index in [-0.39, 0.29) is 12.1 Å². The zero-order valence-electron chi connectivity index (χ0n) is 10.2. The number of rotatable bonds is 4. The number of hydrogen-bond acceptors (Lipinski definition) is 1. The van der Waals surface area contributed by atoms with E-state index in [0.29, 0.717) is 6.54 Å². The average molecular weight is 220 g/mol. The second kappa shape index (κ2) is 6.16. The minimum Gasteiger partial charge on any atom is -0.338 e. The maximum Gasteiger partial charge on any atom is 0.315 e. The Kier molecular flexibility index (Phi) is 4.83. The van der Waals surface area contributed by atoms with E-state index in [2.05, 4.69) is 29.7 Å². The number of carbonyl (C=O) groups excluding carboxylic acids is 1. The quantitative estimate of drug-likeness (QED) is 0.805. The summed E-state index contributed by atoms with van der Waals surface area (Å²) in [6, 6.07) is 8.13. The lowest BCUT2D eigenvalue weighted by Gasteiger charge is -2.15. The van der Waals surface area contributed by atoms with Crippen LogP contribution in [0.4, 0.5) is 4.79 Å². The molecule has 0 bridgehead atoms. The van der Waals surface area contributed by atoms with Crippen molar-refractivity contribution in [2.24, 2.45) is 0 Å². The van der Waals surface area contributed by atoms with Gasteiger partial charge in [-0.2, -0.15) is 0 Å². The third-order valence-corrected chi connectivity index (χ3v) is 2.46. The molecule has 0 fully saturated rings. The summed E-state index contributed by atoms with van der Waals surface area (Å²) in [6.45, 7) is 6.78. The molecule has 0 aliphatic rings. The van der Waals surface area contributed by atoms with Crippen molar-refractivity contribution >= 4 is 6.03 Å². The summed E-state index contributed by atoms with van der Waals surface area (Å²) in [5, 5.41) is 5.69. The molecule has 0 saturated heterocycles. The van der Waals surface area contributed by atoms with Crippen LogP contribution in [0.25, 0.3) is 0 Å². The topological polar surface area (TPSA) is 41.1 Å². The van der Waals surface area contributed by atoms with Gasteiger partial charge < -0.3 is 10.6 Å². The second-order valence-electron chi connectivity index (χ2n) is 4.03. The first-order valence-electron chi connectivity index (χ1n) is 5.74. The zero-order chi connectivity index (χ0) is 12.0. The van der Waals surface area contributed by atoms with Crippen molar-refractivity contribution in [3.8, 4) is 0 Å². The van der Waals surface area contributed by atoms with Crippen LogP contribution in [0.3, 0.4) is 0 Å². The van der Waals surface area contributed by atoms with Crippen LogP contribution in [-0.2, 0) is 0 Å². The van der Waals surface area contributed by atoms with Gasteiger partial charge in [0.1, 0.15) is 0 Å². The molecule has 88 valence electrons. The van der Waals surface area contributed by atoms with Gasteiger partial charge in [-0.05, 0) is 25.8 Å². The molecule has 2 N–H and O–H groups in total. The van der Waals surface area contributed by atoms with Crippen molar-refractivity contribution in [3.05, 3.63) is 35.4 Å². The standard InChI is InChI=1S/C13H20N2O/c1-4-9-14-13(16)15-11(3)12-7-5-10(2)6-8-12/h5-8,11H,4,9H2,1-3H3,(H2,14,15,16)/t11-/m0/s1. The fourth-order valence-electron chi connectivity index (χ4n) is 1.42. The van der Waals surface area contributed by atoms with E-state index in [1.807, 2.05) is 26.0 Å². The largest absolute Gasteiger partial charge is 0.338 e. The first kappa shape index (κ1) is 12.6. The first-order chi connectivity index (χ1) is 7.63. The normalized spacial score (nSPS) is 11.9. The molecule has 2 amide bonds. The van der Waals surface area contributed by atoms with Crippen LogP contribution < -0.4 is 10.6 Å². The van der Waals surface area contributed by atoms with Crippen LogP contribution in [0, 0.1) is 6.92 Å². The van der Waals surface area contributed by atoms with Crippen molar-refractivity contribution in [2.75, 3.05) is 6.54 Å². The Bertz CT molecular complexity index is 332. The molecule has 1 aromatic rings. The molecule has 0 heterocycles. The summed E-state index contributed by atoms with van der Waals surface area (Å²) in [5.74, 6) is 0. The highest BCUT2D eigenvalue weighted by atomic mass is 16.2. The van der Waals surface area contributed by atoms with Crippen LogP contribution in [0.5, 0.6) is 0 Å². The fourth-order valence-corrected chi connectivity index (χ4v) is 1.42. The Morgan fingerprint density at radius 3 is 2.50 bits per heavy atom. The van der Waals surface area contributed by atoms with E-state index in [9.17, 15) is 4.79 Å². The van der Waals surface area contributed by atoms with Crippen molar-refractivity contribution < 1.29 is 4.79 Å². The number of carbonyl (C=O) groups is 1. The van der Waals surface area contributed by atoms with Crippen LogP contribution >= 0.6 is 0 Å².